The van der Waals surface area contributed by atoms with Crippen LogP contribution in [0.2, 0.25) is 0 Å². The number of carbonyl (C=O) groups is 3. The lowest BCUT2D eigenvalue weighted by molar-refractivity contribution is -0.140. The van der Waals surface area contributed by atoms with Crippen LogP contribution in [0.5, 0.6) is 0 Å². The van der Waals surface area contributed by atoms with E-state index in [1.165, 1.54) is 12.1 Å². The first-order chi connectivity index (χ1) is 16.9. The van der Waals surface area contributed by atoms with Gasteiger partial charge in [-0.3, -0.25) is 10.1 Å². The van der Waals surface area contributed by atoms with Crippen LogP contribution in [0.3, 0.4) is 0 Å². The van der Waals surface area contributed by atoms with Gasteiger partial charge in [0.05, 0.1) is 0 Å². The number of carboxylic acids is 1. The van der Waals surface area contributed by atoms with Crippen molar-refractivity contribution in [2.75, 3.05) is 11.9 Å². The van der Waals surface area contributed by atoms with Gasteiger partial charge in [-0.25, -0.2) is 14.6 Å². The van der Waals surface area contributed by atoms with E-state index in [9.17, 15) is 19.5 Å². The maximum absolute atomic E-state index is 12.6. The minimum atomic E-state index is -1.11. The molecule has 0 aliphatic heterocycles. The van der Waals surface area contributed by atoms with Crippen LogP contribution in [-0.2, 0) is 9.53 Å². The molecule has 8 nitrogen and oxygen atoms in total. The molecule has 2 aromatic carbocycles. The van der Waals surface area contributed by atoms with Crippen LogP contribution in [0.4, 0.5) is 10.6 Å². The second-order valence-corrected chi connectivity index (χ2v) is 8.53. The van der Waals surface area contributed by atoms with Gasteiger partial charge >= 0.3 is 12.1 Å². The summed E-state index contributed by atoms with van der Waals surface area (Å²) >= 11 is 0. The van der Waals surface area contributed by atoms with Gasteiger partial charge in [-0.05, 0) is 40.3 Å². The normalized spacial score (nSPS) is 13.8. The van der Waals surface area contributed by atoms with Gasteiger partial charge in [-0.15, -0.1) is 0 Å². The molecule has 0 radical (unpaired) electrons. The second kappa shape index (κ2) is 10.4. The number of fused-ring (bicyclic) bond motifs is 3. The lowest BCUT2D eigenvalue weighted by atomic mass is 9.98. The fraction of sp³-hybridized carbons (Fsp3) is 0.259. The quantitative estimate of drug-likeness (QED) is 0.438. The first-order valence-electron chi connectivity index (χ1n) is 11.5. The number of hydrogen-bond donors (Lipinski definition) is 3. The molecule has 3 aromatic rings. The van der Waals surface area contributed by atoms with E-state index in [4.69, 9.17) is 4.74 Å². The van der Waals surface area contributed by atoms with Crippen molar-refractivity contribution < 1.29 is 24.2 Å². The van der Waals surface area contributed by atoms with Gasteiger partial charge < -0.3 is 15.2 Å². The number of benzene rings is 2. The minimum Gasteiger partial charge on any atom is -0.480 e. The average Bonchev–Trinajstić information content (AvgIpc) is 3.19. The monoisotopic (exact) mass is 473 g/mol. The summed E-state index contributed by atoms with van der Waals surface area (Å²) < 4.78 is 5.52. The molecule has 0 saturated heterocycles. The molecule has 2 atom stereocenters. The van der Waals surface area contributed by atoms with E-state index in [1.54, 1.807) is 13.0 Å². The van der Waals surface area contributed by atoms with Crippen molar-refractivity contribution in [1.82, 2.24) is 10.3 Å². The van der Waals surface area contributed by atoms with Crippen LogP contribution in [0.25, 0.3) is 11.1 Å². The molecular weight excluding hydrogens is 446 g/mol. The molecule has 3 N–H and O–H groups in total. The van der Waals surface area contributed by atoms with Gasteiger partial charge in [0.1, 0.15) is 24.2 Å². The number of nitrogens with zero attached hydrogens (tertiary/aromatic N) is 1. The minimum absolute atomic E-state index is 0.00370. The molecule has 180 valence electrons. The highest BCUT2D eigenvalue weighted by molar-refractivity contribution is 5.95. The maximum Gasteiger partial charge on any atom is 0.412 e. The number of carbonyl (C=O) groups excluding carboxylic acids is 2. The Kier molecular flexibility index (Phi) is 7.10. The van der Waals surface area contributed by atoms with Gasteiger partial charge in [-0.2, -0.15) is 0 Å². The third-order valence-electron chi connectivity index (χ3n) is 6.32. The lowest BCUT2D eigenvalue weighted by Gasteiger charge is -2.20. The number of hydrogen-bond acceptors (Lipinski definition) is 5. The van der Waals surface area contributed by atoms with Crippen molar-refractivity contribution >= 4 is 23.8 Å². The molecule has 2 amide bonds. The van der Waals surface area contributed by atoms with Crippen molar-refractivity contribution in [2.24, 2.45) is 5.92 Å². The molecule has 0 saturated carbocycles. The summed E-state index contributed by atoms with van der Waals surface area (Å²) in [4.78, 5) is 40.7. The largest absolute Gasteiger partial charge is 0.480 e. The SMILES string of the molecule is CCC(C)C(NC(=O)c1cccc(NC(=O)OCC2c3ccccc3-c3ccccc32)n1)C(=O)O. The molecule has 35 heavy (non-hydrogen) atoms. The number of rotatable bonds is 8. The van der Waals surface area contributed by atoms with E-state index in [1.807, 2.05) is 43.3 Å². The zero-order chi connectivity index (χ0) is 24.9. The summed E-state index contributed by atoms with van der Waals surface area (Å²) in [6, 6.07) is 19.6. The lowest BCUT2D eigenvalue weighted by Crippen LogP contribution is -2.45. The van der Waals surface area contributed by atoms with E-state index in [-0.39, 0.29) is 30.0 Å². The van der Waals surface area contributed by atoms with Crippen molar-refractivity contribution in [3.63, 3.8) is 0 Å². The van der Waals surface area contributed by atoms with E-state index in [0.29, 0.717) is 6.42 Å². The maximum atomic E-state index is 12.6. The van der Waals surface area contributed by atoms with Crippen LogP contribution in [0, 0.1) is 5.92 Å². The van der Waals surface area contributed by atoms with Crippen molar-refractivity contribution in [2.45, 2.75) is 32.2 Å². The van der Waals surface area contributed by atoms with Gasteiger partial charge in [0, 0.05) is 5.92 Å². The highest BCUT2D eigenvalue weighted by Crippen LogP contribution is 2.44. The van der Waals surface area contributed by atoms with Crippen molar-refractivity contribution in [3.05, 3.63) is 83.6 Å². The standard InChI is InChI=1S/C27H27N3O5/c1-3-16(2)24(26(32)33)30-25(31)22-13-8-14-23(28-22)29-27(34)35-15-21-19-11-6-4-9-17(19)18-10-5-7-12-20(18)21/h4-14,16,21,24H,3,15H2,1-2H3,(H,30,31)(H,32,33)(H,28,29,34). The van der Waals surface area contributed by atoms with E-state index < -0.39 is 24.0 Å². The molecule has 1 aliphatic carbocycles. The summed E-state index contributed by atoms with van der Waals surface area (Å²) in [5.41, 5.74) is 4.47. The fourth-order valence-corrected chi connectivity index (χ4v) is 4.27. The van der Waals surface area contributed by atoms with Crippen LogP contribution >= 0.6 is 0 Å². The van der Waals surface area contributed by atoms with E-state index in [0.717, 1.165) is 22.3 Å². The van der Waals surface area contributed by atoms with Crippen molar-refractivity contribution in [1.29, 1.82) is 0 Å². The van der Waals surface area contributed by atoms with Crippen LogP contribution in [0.1, 0.15) is 47.8 Å². The summed E-state index contributed by atoms with van der Waals surface area (Å²) in [5.74, 6) is -1.94. The second-order valence-electron chi connectivity index (χ2n) is 8.53. The first-order valence-corrected chi connectivity index (χ1v) is 11.5. The Labute approximate surface area is 203 Å². The summed E-state index contributed by atoms with van der Waals surface area (Å²) in [5, 5.41) is 14.5. The molecule has 1 aromatic heterocycles. The molecule has 1 heterocycles. The fourth-order valence-electron chi connectivity index (χ4n) is 4.27. The molecule has 4 rings (SSSR count). The number of aliphatic carboxylic acids is 1. The number of anilines is 1. The smallest absolute Gasteiger partial charge is 0.412 e. The molecule has 0 fully saturated rings. The average molecular weight is 474 g/mol. The van der Waals surface area contributed by atoms with Gasteiger partial charge in [0.25, 0.3) is 5.91 Å². The Bertz CT molecular complexity index is 1210. The molecule has 2 unspecified atom stereocenters. The Hall–Kier alpha value is -4.20. The number of aromatic nitrogens is 1. The molecule has 0 spiro atoms. The summed E-state index contributed by atoms with van der Waals surface area (Å²) in [6.45, 7) is 3.75. The Morgan fingerprint density at radius 1 is 0.971 bits per heavy atom. The summed E-state index contributed by atoms with van der Waals surface area (Å²) in [6.07, 6.45) is -0.103. The number of amides is 2. The molecule has 0 bridgehead atoms. The Morgan fingerprint density at radius 3 is 2.20 bits per heavy atom. The van der Waals surface area contributed by atoms with Gasteiger partial charge in [-0.1, -0.05) is 74.9 Å². The van der Waals surface area contributed by atoms with Crippen molar-refractivity contribution in [3.8, 4) is 11.1 Å². The molecular formula is C27H27N3O5. The highest BCUT2D eigenvalue weighted by Gasteiger charge is 2.29. The Balaban J connectivity index is 1.40. The summed E-state index contributed by atoms with van der Waals surface area (Å²) in [7, 11) is 0. The first kappa shape index (κ1) is 23.9. The van der Waals surface area contributed by atoms with E-state index in [2.05, 4.69) is 27.8 Å². The van der Waals surface area contributed by atoms with Gasteiger partial charge in [0.15, 0.2) is 0 Å². The Morgan fingerprint density at radius 2 is 1.60 bits per heavy atom. The highest BCUT2D eigenvalue weighted by atomic mass is 16.5. The third kappa shape index (κ3) is 5.16. The van der Waals surface area contributed by atoms with Gasteiger partial charge in [0.2, 0.25) is 0 Å². The molecule has 1 aliphatic rings. The van der Waals surface area contributed by atoms with E-state index >= 15 is 0 Å². The topological polar surface area (TPSA) is 118 Å². The van der Waals surface area contributed by atoms with Crippen LogP contribution < -0.4 is 10.6 Å². The van der Waals surface area contributed by atoms with Crippen LogP contribution in [-0.4, -0.2) is 40.7 Å². The third-order valence-corrected chi connectivity index (χ3v) is 6.32. The molecule has 8 heteroatoms. The predicted molar refractivity (Wildman–Crippen MR) is 131 cm³/mol. The zero-order valence-electron chi connectivity index (χ0n) is 19.5. The zero-order valence-corrected chi connectivity index (χ0v) is 19.5. The number of ether oxygens (including phenoxy) is 1. The number of nitrogens with one attached hydrogen (secondary N) is 2. The van der Waals surface area contributed by atoms with Crippen LogP contribution in [0.15, 0.2) is 66.7 Å². The number of pyridine rings is 1. The predicted octanol–water partition coefficient (Wildman–Crippen LogP) is 4.67. The number of carboxylic acid groups (broad SMARTS) is 1.